The van der Waals surface area contributed by atoms with Gasteiger partial charge in [0.1, 0.15) is 22.9 Å². The van der Waals surface area contributed by atoms with Gasteiger partial charge in [-0.25, -0.2) is 9.97 Å². The van der Waals surface area contributed by atoms with Crippen molar-refractivity contribution in [2.24, 2.45) is 0 Å². The minimum absolute atomic E-state index is 0.266. The highest BCUT2D eigenvalue weighted by molar-refractivity contribution is 5.53. The fraction of sp³-hybridized carbons (Fsp3) is 0.278. The van der Waals surface area contributed by atoms with E-state index in [1.165, 1.54) is 0 Å². The summed E-state index contributed by atoms with van der Waals surface area (Å²) >= 11 is 0. The maximum atomic E-state index is 10.5. The molecule has 3 heterocycles. The average Bonchev–Trinajstić information content (AvgIpc) is 3.16. The minimum Gasteiger partial charge on any atom is -0.466 e. The normalized spacial score (nSPS) is 13.5. The van der Waals surface area contributed by atoms with Gasteiger partial charge < -0.3 is 14.8 Å². The number of aryl methyl sites for hydroxylation is 1. The summed E-state index contributed by atoms with van der Waals surface area (Å²) < 4.78 is 5.29. The standard InChI is InChI=1S/C18H20N4O2/c1-3-13-11-16(20-12-18(2,23)15-8-6-10-24-15)22-17(21-13)14-7-4-5-9-19-14/h4-11,23H,3,12H2,1-2H3,(H,20,21,22). The second-order valence-corrected chi connectivity index (χ2v) is 5.74. The van der Waals surface area contributed by atoms with Crippen LogP contribution in [0.1, 0.15) is 25.3 Å². The zero-order chi connectivity index (χ0) is 17.0. The number of hydrogen-bond donors (Lipinski definition) is 2. The number of rotatable bonds is 6. The Morgan fingerprint density at radius 1 is 1.21 bits per heavy atom. The Bertz CT molecular complexity index is 786. The summed E-state index contributed by atoms with van der Waals surface area (Å²) in [7, 11) is 0. The first-order chi connectivity index (χ1) is 11.6. The van der Waals surface area contributed by atoms with Crippen molar-refractivity contribution in [3.8, 4) is 11.5 Å². The molecule has 0 saturated carbocycles. The lowest BCUT2D eigenvalue weighted by Gasteiger charge is -2.21. The van der Waals surface area contributed by atoms with E-state index < -0.39 is 5.60 Å². The first-order valence-corrected chi connectivity index (χ1v) is 7.88. The predicted molar refractivity (Wildman–Crippen MR) is 91.4 cm³/mol. The smallest absolute Gasteiger partial charge is 0.180 e. The van der Waals surface area contributed by atoms with Gasteiger partial charge in [-0.05, 0) is 37.6 Å². The summed E-state index contributed by atoms with van der Waals surface area (Å²) in [5.41, 5.74) is 0.492. The van der Waals surface area contributed by atoms with Crippen molar-refractivity contribution in [2.75, 3.05) is 11.9 Å². The van der Waals surface area contributed by atoms with E-state index in [-0.39, 0.29) is 6.54 Å². The van der Waals surface area contributed by atoms with Crippen molar-refractivity contribution >= 4 is 5.82 Å². The van der Waals surface area contributed by atoms with Crippen LogP contribution >= 0.6 is 0 Å². The van der Waals surface area contributed by atoms with Crippen LogP contribution in [-0.2, 0) is 12.0 Å². The van der Waals surface area contributed by atoms with Crippen molar-refractivity contribution in [3.63, 3.8) is 0 Å². The summed E-state index contributed by atoms with van der Waals surface area (Å²) in [4.78, 5) is 13.3. The molecule has 124 valence electrons. The van der Waals surface area contributed by atoms with Gasteiger partial charge in [0.25, 0.3) is 0 Å². The van der Waals surface area contributed by atoms with Crippen LogP contribution in [0.15, 0.2) is 53.3 Å². The van der Waals surface area contributed by atoms with Crippen LogP contribution in [-0.4, -0.2) is 26.6 Å². The molecule has 3 aromatic heterocycles. The van der Waals surface area contributed by atoms with Crippen LogP contribution in [0.3, 0.4) is 0 Å². The summed E-state index contributed by atoms with van der Waals surface area (Å²) in [5.74, 6) is 1.72. The van der Waals surface area contributed by atoms with E-state index in [4.69, 9.17) is 4.42 Å². The van der Waals surface area contributed by atoms with Gasteiger partial charge in [-0.2, -0.15) is 0 Å². The van der Waals surface area contributed by atoms with Crippen molar-refractivity contribution in [1.29, 1.82) is 0 Å². The fourth-order valence-corrected chi connectivity index (χ4v) is 2.31. The molecule has 0 aliphatic rings. The second-order valence-electron chi connectivity index (χ2n) is 5.74. The molecule has 0 fully saturated rings. The van der Waals surface area contributed by atoms with Crippen molar-refractivity contribution < 1.29 is 9.52 Å². The Labute approximate surface area is 140 Å². The van der Waals surface area contributed by atoms with E-state index in [2.05, 4.69) is 20.3 Å². The van der Waals surface area contributed by atoms with E-state index in [1.807, 2.05) is 31.2 Å². The third kappa shape index (κ3) is 3.60. The zero-order valence-corrected chi connectivity index (χ0v) is 13.7. The van der Waals surface area contributed by atoms with Crippen LogP contribution < -0.4 is 5.32 Å². The van der Waals surface area contributed by atoms with Gasteiger partial charge in [0.15, 0.2) is 5.82 Å². The molecule has 0 aliphatic carbocycles. The Morgan fingerprint density at radius 2 is 2.08 bits per heavy atom. The minimum atomic E-state index is -1.13. The number of nitrogens with one attached hydrogen (secondary N) is 1. The molecule has 6 heteroatoms. The highest BCUT2D eigenvalue weighted by Gasteiger charge is 2.26. The lowest BCUT2D eigenvalue weighted by atomic mass is 10.0. The van der Waals surface area contributed by atoms with Crippen LogP contribution in [0.25, 0.3) is 11.5 Å². The number of aliphatic hydroxyl groups is 1. The third-order valence-electron chi connectivity index (χ3n) is 3.70. The Balaban J connectivity index is 1.83. The molecule has 1 atom stereocenters. The summed E-state index contributed by atoms with van der Waals surface area (Å²) in [6.07, 6.45) is 4.04. The molecule has 0 aromatic carbocycles. The highest BCUT2D eigenvalue weighted by Crippen LogP contribution is 2.22. The highest BCUT2D eigenvalue weighted by atomic mass is 16.4. The fourth-order valence-electron chi connectivity index (χ4n) is 2.31. The van der Waals surface area contributed by atoms with Gasteiger partial charge in [-0.3, -0.25) is 4.98 Å². The summed E-state index contributed by atoms with van der Waals surface area (Å²) in [5, 5.41) is 13.7. The number of hydrogen-bond acceptors (Lipinski definition) is 6. The van der Waals surface area contributed by atoms with Crippen LogP contribution in [0.4, 0.5) is 5.82 Å². The van der Waals surface area contributed by atoms with E-state index in [0.717, 1.165) is 12.1 Å². The molecule has 0 aliphatic heterocycles. The number of nitrogens with zero attached hydrogens (tertiary/aromatic N) is 3. The first kappa shape index (κ1) is 16.1. The lowest BCUT2D eigenvalue weighted by Crippen LogP contribution is -2.30. The molecule has 0 bridgehead atoms. The second kappa shape index (κ2) is 6.80. The molecule has 0 spiro atoms. The van der Waals surface area contributed by atoms with Crippen LogP contribution in [0.2, 0.25) is 0 Å². The maximum absolute atomic E-state index is 10.5. The van der Waals surface area contributed by atoms with E-state index >= 15 is 0 Å². The molecular formula is C18H20N4O2. The number of aromatic nitrogens is 3. The monoisotopic (exact) mass is 324 g/mol. The SMILES string of the molecule is CCc1cc(NCC(C)(O)c2ccco2)nc(-c2ccccn2)n1. The van der Waals surface area contributed by atoms with Crippen molar-refractivity contribution in [1.82, 2.24) is 15.0 Å². The van der Waals surface area contributed by atoms with Gasteiger partial charge >= 0.3 is 0 Å². The molecule has 6 nitrogen and oxygen atoms in total. The molecule has 0 saturated heterocycles. The van der Waals surface area contributed by atoms with E-state index in [0.29, 0.717) is 23.1 Å². The van der Waals surface area contributed by atoms with Gasteiger partial charge in [0.05, 0.1) is 12.8 Å². The van der Waals surface area contributed by atoms with E-state index in [9.17, 15) is 5.11 Å². The van der Waals surface area contributed by atoms with Crippen LogP contribution in [0.5, 0.6) is 0 Å². The molecule has 3 rings (SSSR count). The number of furan rings is 1. The average molecular weight is 324 g/mol. The molecule has 3 aromatic rings. The Kier molecular flexibility index (Phi) is 4.57. The number of anilines is 1. The summed E-state index contributed by atoms with van der Waals surface area (Å²) in [6.45, 7) is 4.00. The summed E-state index contributed by atoms with van der Waals surface area (Å²) in [6, 6.07) is 11.0. The largest absolute Gasteiger partial charge is 0.466 e. The predicted octanol–water partition coefficient (Wildman–Crippen LogP) is 3.01. The maximum Gasteiger partial charge on any atom is 0.180 e. The topological polar surface area (TPSA) is 84.1 Å². The molecule has 0 radical (unpaired) electrons. The molecule has 0 amide bonds. The first-order valence-electron chi connectivity index (χ1n) is 7.88. The Hall–Kier alpha value is -2.73. The van der Waals surface area contributed by atoms with Crippen molar-refractivity contribution in [3.05, 3.63) is 60.3 Å². The lowest BCUT2D eigenvalue weighted by molar-refractivity contribution is 0.0476. The molecule has 1 unspecified atom stereocenters. The van der Waals surface area contributed by atoms with Crippen molar-refractivity contribution in [2.45, 2.75) is 25.9 Å². The van der Waals surface area contributed by atoms with Gasteiger partial charge in [-0.1, -0.05) is 13.0 Å². The molecule has 2 N–H and O–H groups in total. The van der Waals surface area contributed by atoms with Gasteiger partial charge in [-0.15, -0.1) is 0 Å². The van der Waals surface area contributed by atoms with Crippen LogP contribution in [0, 0.1) is 0 Å². The van der Waals surface area contributed by atoms with Gasteiger partial charge in [0.2, 0.25) is 0 Å². The van der Waals surface area contributed by atoms with Gasteiger partial charge in [0, 0.05) is 18.0 Å². The van der Waals surface area contributed by atoms with E-state index in [1.54, 1.807) is 31.5 Å². The zero-order valence-electron chi connectivity index (χ0n) is 13.7. The molecule has 24 heavy (non-hydrogen) atoms. The quantitative estimate of drug-likeness (QED) is 0.725. The third-order valence-corrected chi connectivity index (χ3v) is 3.70. The Morgan fingerprint density at radius 3 is 2.75 bits per heavy atom. The number of pyridine rings is 1. The molecular weight excluding hydrogens is 304 g/mol.